The number of aromatic nitrogens is 1. The predicted molar refractivity (Wildman–Crippen MR) is 110 cm³/mol. The lowest BCUT2D eigenvalue weighted by Crippen LogP contribution is -2.38. The second kappa shape index (κ2) is 10.8. The fourth-order valence-corrected chi connectivity index (χ4v) is 3.59. The zero-order chi connectivity index (χ0) is 21.4. The van der Waals surface area contributed by atoms with Gasteiger partial charge in [-0.05, 0) is 46.2 Å². The van der Waals surface area contributed by atoms with E-state index in [1.165, 1.54) is 29.5 Å². The Morgan fingerprint density at radius 1 is 1.31 bits per heavy atom. The second-order valence-electron chi connectivity index (χ2n) is 6.26. The van der Waals surface area contributed by atoms with Gasteiger partial charge in [0.05, 0.1) is 18.3 Å². The maximum atomic E-state index is 13.8. The molecule has 2 N–H and O–H groups in total. The van der Waals surface area contributed by atoms with Gasteiger partial charge in [-0.2, -0.15) is 0 Å². The Kier molecular flexibility index (Phi) is 8.50. The van der Waals surface area contributed by atoms with Gasteiger partial charge < -0.3 is 15.4 Å². The summed E-state index contributed by atoms with van der Waals surface area (Å²) in [5, 5.41) is 7.03. The molecule has 6 nitrogen and oxygen atoms in total. The number of thiazole rings is 1. The first kappa shape index (κ1) is 22.7. The van der Waals surface area contributed by atoms with Gasteiger partial charge in [-0.25, -0.2) is 18.6 Å². The van der Waals surface area contributed by atoms with Crippen molar-refractivity contribution in [3.05, 3.63) is 51.0 Å². The van der Waals surface area contributed by atoms with Crippen molar-refractivity contribution in [2.24, 2.45) is 4.99 Å². The van der Waals surface area contributed by atoms with Crippen molar-refractivity contribution in [2.45, 2.75) is 40.2 Å². The molecule has 1 atom stereocenters. The molecule has 0 amide bonds. The average molecular weight is 425 g/mol. The number of guanidine groups is 1. The van der Waals surface area contributed by atoms with Crippen molar-refractivity contribution < 1.29 is 18.3 Å². The van der Waals surface area contributed by atoms with Crippen LogP contribution in [0.25, 0.3) is 0 Å². The zero-order valence-electron chi connectivity index (χ0n) is 17.0. The fraction of sp³-hybridized carbons (Fsp3) is 0.450. The molecular weight excluding hydrogens is 398 g/mol. The van der Waals surface area contributed by atoms with Crippen molar-refractivity contribution >= 4 is 23.3 Å². The van der Waals surface area contributed by atoms with Crippen LogP contribution in [0.3, 0.4) is 0 Å². The molecule has 1 unspecified atom stereocenters. The van der Waals surface area contributed by atoms with Crippen LogP contribution in [-0.4, -0.2) is 36.6 Å². The van der Waals surface area contributed by atoms with Crippen LogP contribution in [0.4, 0.5) is 8.78 Å². The number of aryl methyl sites for hydroxylation is 1. The molecule has 0 fully saturated rings. The Labute approximate surface area is 173 Å². The summed E-state index contributed by atoms with van der Waals surface area (Å²) in [7, 11) is 0. The van der Waals surface area contributed by atoms with Crippen LogP contribution < -0.4 is 10.6 Å². The third-order valence-electron chi connectivity index (χ3n) is 4.04. The van der Waals surface area contributed by atoms with E-state index >= 15 is 0 Å². The number of carbonyl (C=O) groups is 1. The molecule has 0 saturated heterocycles. The first-order valence-electron chi connectivity index (χ1n) is 9.49. The topological polar surface area (TPSA) is 75.6 Å². The van der Waals surface area contributed by atoms with E-state index in [0.29, 0.717) is 29.7 Å². The predicted octanol–water partition coefficient (Wildman–Crippen LogP) is 3.77. The summed E-state index contributed by atoms with van der Waals surface area (Å²) in [6.07, 6.45) is 0.146. The molecule has 0 aliphatic rings. The highest BCUT2D eigenvalue weighted by Crippen LogP contribution is 2.24. The van der Waals surface area contributed by atoms with Crippen LogP contribution in [0, 0.1) is 18.6 Å². The van der Waals surface area contributed by atoms with Crippen molar-refractivity contribution in [1.82, 2.24) is 15.6 Å². The monoisotopic (exact) mass is 424 g/mol. The molecule has 0 radical (unpaired) electrons. The van der Waals surface area contributed by atoms with Crippen LogP contribution in [0.2, 0.25) is 0 Å². The molecule has 1 heterocycles. The number of nitrogens with one attached hydrogen (secondary N) is 2. The van der Waals surface area contributed by atoms with E-state index < -0.39 is 11.6 Å². The molecule has 0 spiro atoms. The third-order valence-corrected chi connectivity index (χ3v) is 5.36. The molecule has 2 aromatic rings. The maximum Gasteiger partial charge on any atom is 0.350 e. The van der Waals surface area contributed by atoms with Crippen molar-refractivity contribution in [2.75, 3.05) is 19.7 Å². The third kappa shape index (κ3) is 6.22. The highest BCUT2D eigenvalue weighted by atomic mass is 32.1. The van der Waals surface area contributed by atoms with E-state index in [-0.39, 0.29) is 30.5 Å². The van der Waals surface area contributed by atoms with Crippen LogP contribution in [-0.2, 0) is 11.2 Å². The molecule has 2 rings (SSSR count). The van der Waals surface area contributed by atoms with E-state index in [2.05, 4.69) is 20.6 Å². The van der Waals surface area contributed by atoms with Gasteiger partial charge in [0.25, 0.3) is 0 Å². The van der Waals surface area contributed by atoms with E-state index in [9.17, 15) is 13.6 Å². The number of nitrogens with zero attached hydrogens (tertiary/aromatic N) is 2. The Morgan fingerprint density at radius 3 is 2.62 bits per heavy atom. The number of ether oxygens (including phenoxy) is 1. The van der Waals surface area contributed by atoms with Gasteiger partial charge >= 0.3 is 5.97 Å². The number of rotatable bonds is 8. The smallest absolute Gasteiger partial charge is 0.350 e. The van der Waals surface area contributed by atoms with Gasteiger partial charge in [-0.3, -0.25) is 4.99 Å². The summed E-state index contributed by atoms with van der Waals surface area (Å²) in [6, 6.07) is 3.59. The number of hydrogen-bond acceptors (Lipinski definition) is 5. The van der Waals surface area contributed by atoms with E-state index in [1.54, 1.807) is 13.8 Å². The molecule has 1 aromatic heterocycles. The highest BCUT2D eigenvalue weighted by Gasteiger charge is 2.20. The van der Waals surface area contributed by atoms with Crippen LogP contribution in [0.5, 0.6) is 0 Å². The van der Waals surface area contributed by atoms with Gasteiger partial charge in [0.1, 0.15) is 21.5 Å². The first-order chi connectivity index (χ1) is 13.9. The van der Waals surface area contributed by atoms with Crippen LogP contribution in [0.1, 0.15) is 52.7 Å². The van der Waals surface area contributed by atoms with Crippen LogP contribution >= 0.6 is 11.3 Å². The Bertz CT molecular complexity index is 850. The summed E-state index contributed by atoms with van der Waals surface area (Å²) in [4.78, 5) is 21.3. The lowest BCUT2D eigenvalue weighted by Gasteiger charge is -2.16. The van der Waals surface area contributed by atoms with E-state index in [1.807, 2.05) is 13.8 Å². The van der Waals surface area contributed by atoms with Gasteiger partial charge in [-0.1, -0.05) is 6.07 Å². The standard InChI is InChI=1S/C20H26F2N4O2S/c1-5-23-20(24-11-10-14-15(21)8-7-9-16(14)22)26-13(4)18-25-12(3)17(29-18)19(27)28-6-2/h7-9,13H,5-6,10-11H2,1-4H3,(H2,23,24,26). The molecule has 0 aliphatic heterocycles. The fourth-order valence-electron chi connectivity index (χ4n) is 2.63. The summed E-state index contributed by atoms with van der Waals surface area (Å²) in [5.74, 6) is -1.02. The number of benzene rings is 1. The van der Waals surface area contributed by atoms with E-state index in [4.69, 9.17) is 4.74 Å². The zero-order valence-corrected chi connectivity index (χ0v) is 17.8. The molecule has 29 heavy (non-hydrogen) atoms. The summed E-state index contributed by atoms with van der Waals surface area (Å²) in [6.45, 7) is 8.48. The number of aliphatic imine (C=N–C) groups is 1. The average Bonchev–Trinajstić information content (AvgIpc) is 3.06. The molecular formula is C20H26F2N4O2S. The molecule has 0 aliphatic carbocycles. The quantitative estimate of drug-likeness (QED) is 0.383. The van der Waals surface area contributed by atoms with Gasteiger partial charge in [0.2, 0.25) is 0 Å². The number of halogens is 2. The summed E-state index contributed by atoms with van der Waals surface area (Å²) in [5.41, 5.74) is 0.642. The minimum absolute atomic E-state index is 0.0229. The number of esters is 1. The SMILES string of the molecule is CCNC(=NCCc1c(F)cccc1F)NC(C)c1nc(C)c(C(=O)OCC)s1. The second-order valence-corrected chi connectivity index (χ2v) is 7.29. The lowest BCUT2D eigenvalue weighted by atomic mass is 10.1. The molecule has 0 saturated carbocycles. The van der Waals surface area contributed by atoms with Gasteiger partial charge in [-0.15, -0.1) is 11.3 Å². The molecule has 1 aromatic carbocycles. The van der Waals surface area contributed by atoms with E-state index in [0.717, 1.165) is 5.01 Å². The Balaban J connectivity index is 2.06. The first-order valence-corrected chi connectivity index (χ1v) is 10.3. The van der Waals surface area contributed by atoms with Crippen molar-refractivity contribution in [3.63, 3.8) is 0 Å². The normalized spacial score (nSPS) is 12.6. The number of hydrogen-bond donors (Lipinski definition) is 2. The van der Waals surface area contributed by atoms with Gasteiger partial charge in [0, 0.05) is 18.7 Å². The van der Waals surface area contributed by atoms with Crippen molar-refractivity contribution in [3.8, 4) is 0 Å². The lowest BCUT2D eigenvalue weighted by molar-refractivity contribution is 0.0531. The Hall–Kier alpha value is -2.55. The minimum atomic E-state index is -0.573. The highest BCUT2D eigenvalue weighted by molar-refractivity contribution is 7.13. The van der Waals surface area contributed by atoms with Crippen molar-refractivity contribution in [1.29, 1.82) is 0 Å². The molecule has 0 bridgehead atoms. The number of carbonyl (C=O) groups excluding carboxylic acids is 1. The largest absolute Gasteiger partial charge is 0.462 e. The Morgan fingerprint density at radius 2 is 2.00 bits per heavy atom. The summed E-state index contributed by atoms with van der Waals surface area (Å²) >= 11 is 1.27. The summed E-state index contributed by atoms with van der Waals surface area (Å²) < 4.78 is 32.6. The van der Waals surface area contributed by atoms with Gasteiger partial charge in [0.15, 0.2) is 5.96 Å². The minimum Gasteiger partial charge on any atom is -0.462 e. The van der Waals surface area contributed by atoms with Crippen LogP contribution in [0.15, 0.2) is 23.2 Å². The maximum absolute atomic E-state index is 13.8. The molecule has 9 heteroatoms. The molecule has 158 valence electrons.